The largest absolute Gasteiger partial charge is 0.493 e. The van der Waals surface area contributed by atoms with Crippen molar-refractivity contribution in [2.75, 3.05) is 19.5 Å². The second-order valence-corrected chi connectivity index (χ2v) is 11.5. The number of anilines is 1. The summed E-state index contributed by atoms with van der Waals surface area (Å²) < 4.78 is 18.6. The standard InChI is InChI=1S/C34H36N4O6/c1-20(21-8-5-4-6-9-21)38-27-10-7-11-28(39)24(27)16-25(34(38)41)33(40)37-32-13-12-22(19-36-32)44-29-14-15-35-26-18-31(43-3)30(42-2)17-23(26)29/h12-21H,4-11H2,1-3H3,(H,36,37,40)/t20-/m0/s1. The molecule has 3 heterocycles. The number of fused-ring (bicyclic) bond motifs is 2. The number of hydrogen-bond acceptors (Lipinski definition) is 8. The number of carbonyl (C=O) groups is 2. The lowest BCUT2D eigenvalue weighted by molar-refractivity contribution is 0.0969. The number of nitrogens with zero attached hydrogens (tertiary/aromatic N) is 3. The Bertz CT molecular complexity index is 1780. The van der Waals surface area contributed by atoms with Crippen LogP contribution in [0.2, 0.25) is 0 Å². The van der Waals surface area contributed by atoms with E-state index in [1.807, 2.05) is 0 Å². The van der Waals surface area contributed by atoms with Crippen LogP contribution in [0.3, 0.4) is 0 Å². The maximum Gasteiger partial charge on any atom is 0.263 e. The summed E-state index contributed by atoms with van der Waals surface area (Å²) in [6.45, 7) is 2.05. The van der Waals surface area contributed by atoms with Gasteiger partial charge in [-0.2, -0.15) is 0 Å². The molecule has 1 aromatic carbocycles. The summed E-state index contributed by atoms with van der Waals surface area (Å²) in [6, 6.07) is 9.98. The van der Waals surface area contributed by atoms with Crippen molar-refractivity contribution in [1.29, 1.82) is 0 Å². The molecule has 10 heteroatoms. The molecule has 1 atom stereocenters. The molecule has 0 bridgehead atoms. The highest BCUT2D eigenvalue weighted by atomic mass is 16.5. The van der Waals surface area contributed by atoms with Crippen molar-refractivity contribution in [3.63, 3.8) is 0 Å². The van der Waals surface area contributed by atoms with Gasteiger partial charge in [0, 0.05) is 41.4 Å². The van der Waals surface area contributed by atoms with Crippen LogP contribution in [0.5, 0.6) is 23.0 Å². The zero-order valence-corrected chi connectivity index (χ0v) is 25.2. The van der Waals surface area contributed by atoms with Crippen molar-refractivity contribution < 1.29 is 23.8 Å². The molecule has 0 spiro atoms. The first-order valence-electron chi connectivity index (χ1n) is 15.2. The van der Waals surface area contributed by atoms with Gasteiger partial charge in [-0.15, -0.1) is 0 Å². The van der Waals surface area contributed by atoms with Gasteiger partial charge in [0.2, 0.25) is 0 Å². The van der Waals surface area contributed by atoms with Gasteiger partial charge in [0.1, 0.15) is 22.9 Å². The Labute approximate surface area is 255 Å². The van der Waals surface area contributed by atoms with Crippen LogP contribution in [0, 0.1) is 5.92 Å². The van der Waals surface area contributed by atoms with Gasteiger partial charge >= 0.3 is 0 Å². The molecule has 0 unspecified atom stereocenters. The molecular weight excluding hydrogens is 560 g/mol. The summed E-state index contributed by atoms with van der Waals surface area (Å²) >= 11 is 0. The number of Topliss-reactive ketones (excluding diaryl/α,β-unsaturated/α-hetero) is 1. The predicted molar refractivity (Wildman–Crippen MR) is 166 cm³/mol. The second-order valence-electron chi connectivity index (χ2n) is 11.5. The fourth-order valence-corrected chi connectivity index (χ4v) is 6.50. The molecular formula is C34H36N4O6. The van der Waals surface area contributed by atoms with Crippen LogP contribution < -0.4 is 25.1 Å². The Hall–Kier alpha value is -4.73. The van der Waals surface area contributed by atoms with E-state index in [0.29, 0.717) is 59.3 Å². The molecule has 0 aliphatic heterocycles. The first-order chi connectivity index (χ1) is 21.4. The third kappa shape index (κ3) is 5.64. The summed E-state index contributed by atoms with van der Waals surface area (Å²) in [5.41, 5.74) is 1.52. The van der Waals surface area contributed by atoms with Gasteiger partial charge in [0.05, 0.1) is 25.9 Å². The highest BCUT2D eigenvalue weighted by molar-refractivity contribution is 6.06. The summed E-state index contributed by atoms with van der Waals surface area (Å²) in [6.07, 6.45) is 10.5. The normalized spacial score (nSPS) is 15.8. The number of aromatic nitrogens is 3. The molecule has 0 saturated heterocycles. The summed E-state index contributed by atoms with van der Waals surface area (Å²) in [7, 11) is 3.13. The number of nitrogens with one attached hydrogen (secondary N) is 1. The molecule has 44 heavy (non-hydrogen) atoms. The van der Waals surface area contributed by atoms with Gasteiger partial charge in [0.25, 0.3) is 11.5 Å². The van der Waals surface area contributed by atoms with Crippen molar-refractivity contribution in [2.24, 2.45) is 5.92 Å². The SMILES string of the molecule is COc1cc2nccc(Oc3ccc(NC(=O)c4cc5c(n([C@@H](C)C6CCCCC6)c4=O)CCCC5=O)nc3)c2cc1OC. The van der Waals surface area contributed by atoms with Gasteiger partial charge in [-0.3, -0.25) is 19.4 Å². The van der Waals surface area contributed by atoms with Crippen molar-refractivity contribution in [3.05, 3.63) is 76.0 Å². The minimum absolute atomic E-state index is 0.0239. The number of rotatable bonds is 8. The van der Waals surface area contributed by atoms with Crippen molar-refractivity contribution >= 4 is 28.4 Å². The summed E-state index contributed by atoms with van der Waals surface area (Å²) in [5.74, 6) is 2.07. The van der Waals surface area contributed by atoms with Crippen LogP contribution in [0.4, 0.5) is 5.82 Å². The molecule has 228 valence electrons. The second kappa shape index (κ2) is 12.5. The van der Waals surface area contributed by atoms with Crippen LogP contribution in [-0.2, 0) is 6.42 Å². The van der Waals surface area contributed by atoms with E-state index in [4.69, 9.17) is 14.2 Å². The predicted octanol–water partition coefficient (Wildman–Crippen LogP) is 6.51. The minimum atomic E-state index is -0.594. The molecule has 3 aromatic heterocycles. The van der Waals surface area contributed by atoms with Crippen LogP contribution in [0.1, 0.15) is 84.3 Å². The van der Waals surface area contributed by atoms with E-state index in [-0.39, 0.29) is 28.8 Å². The first kappa shape index (κ1) is 29.3. The fraction of sp³-hybridized carbons (Fsp3) is 0.382. The molecule has 1 saturated carbocycles. The molecule has 2 aliphatic rings. The van der Waals surface area contributed by atoms with Gasteiger partial charge in [-0.25, -0.2) is 4.98 Å². The molecule has 2 aliphatic carbocycles. The Morgan fingerprint density at radius 3 is 2.43 bits per heavy atom. The highest BCUT2D eigenvalue weighted by Gasteiger charge is 2.30. The minimum Gasteiger partial charge on any atom is -0.493 e. The number of hydrogen-bond donors (Lipinski definition) is 1. The zero-order valence-electron chi connectivity index (χ0n) is 25.2. The van der Waals surface area contributed by atoms with E-state index in [0.717, 1.165) is 36.8 Å². The van der Waals surface area contributed by atoms with E-state index in [2.05, 4.69) is 22.2 Å². The Balaban J connectivity index is 1.25. The fourth-order valence-electron chi connectivity index (χ4n) is 6.50. The maximum atomic E-state index is 13.8. The lowest BCUT2D eigenvalue weighted by atomic mass is 9.83. The number of carbonyl (C=O) groups excluding carboxylic acids is 2. The Morgan fingerprint density at radius 2 is 1.70 bits per heavy atom. The highest BCUT2D eigenvalue weighted by Crippen LogP contribution is 2.37. The molecule has 4 aromatic rings. The van der Waals surface area contributed by atoms with Gasteiger partial charge in [-0.1, -0.05) is 19.3 Å². The molecule has 1 amide bonds. The number of benzene rings is 1. The zero-order chi connectivity index (χ0) is 30.8. The van der Waals surface area contributed by atoms with E-state index < -0.39 is 5.91 Å². The van der Waals surface area contributed by atoms with E-state index in [9.17, 15) is 14.4 Å². The monoisotopic (exact) mass is 596 g/mol. The summed E-state index contributed by atoms with van der Waals surface area (Å²) in [4.78, 5) is 49.0. The van der Waals surface area contributed by atoms with Crippen LogP contribution >= 0.6 is 0 Å². The number of ketones is 1. The average Bonchev–Trinajstić information content (AvgIpc) is 3.05. The summed E-state index contributed by atoms with van der Waals surface area (Å²) in [5, 5.41) is 3.47. The quantitative estimate of drug-likeness (QED) is 0.244. The number of ether oxygens (including phenoxy) is 3. The van der Waals surface area contributed by atoms with Crippen LogP contribution in [-0.4, -0.2) is 40.4 Å². The Kier molecular flexibility index (Phi) is 8.32. The number of amides is 1. The lowest BCUT2D eigenvalue weighted by Crippen LogP contribution is -2.38. The van der Waals surface area contributed by atoms with E-state index in [1.54, 1.807) is 55.3 Å². The Morgan fingerprint density at radius 1 is 0.932 bits per heavy atom. The van der Waals surface area contributed by atoms with Crippen molar-refractivity contribution in [3.8, 4) is 23.0 Å². The molecule has 10 nitrogen and oxygen atoms in total. The molecule has 1 fully saturated rings. The van der Waals surface area contributed by atoms with Crippen molar-refractivity contribution in [2.45, 2.75) is 64.3 Å². The first-order valence-corrected chi connectivity index (χ1v) is 15.2. The van der Waals surface area contributed by atoms with Crippen LogP contribution in [0.25, 0.3) is 10.9 Å². The van der Waals surface area contributed by atoms with Gasteiger partial charge in [0.15, 0.2) is 17.3 Å². The van der Waals surface area contributed by atoms with E-state index in [1.165, 1.54) is 18.7 Å². The number of methoxy groups -OCH3 is 2. The maximum absolute atomic E-state index is 13.8. The third-order valence-electron chi connectivity index (χ3n) is 8.85. The topological polar surface area (TPSA) is 122 Å². The van der Waals surface area contributed by atoms with Crippen LogP contribution in [0.15, 0.2) is 53.6 Å². The lowest BCUT2D eigenvalue weighted by Gasteiger charge is -2.32. The van der Waals surface area contributed by atoms with Gasteiger partial charge < -0.3 is 24.1 Å². The molecule has 1 N–H and O–H groups in total. The van der Waals surface area contributed by atoms with Crippen molar-refractivity contribution in [1.82, 2.24) is 14.5 Å². The smallest absolute Gasteiger partial charge is 0.263 e. The average molecular weight is 597 g/mol. The molecule has 6 rings (SSSR count). The molecule has 0 radical (unpaired) electrons. The number of pyridine rings is 3. The van der Waals surface area contributed by atoms with E-state index >= 15 is 0 Å². The van der Waals surface area contributed by atoms with Gasteiger partial charge in [-0.05, 0) is 68.9 Å². The third-order valence-corrected chi connectivity index (χ3v) is 8.85.